The SMILES string of the molecule is O=C1CCCCc2nc(-c3ccc(Br)s3)ncc21. The zero-order valence-corrected chi connectivity index (χ0v) is 12.1. The molecule has 5 heteroatoms. The molecule has 0 N–H and O–H groups in total. The van der Waals surface area contributed by atoms with Crippen molar-refractivity contribution in [2.45, 2.75) is 25.7 Å². The van der Waals surface area contributed by atoms with Gasteiger partial charge in [-0.3, -0.25) is 4.79 Å². The van der Waals surface area contributed by atoms with Crippen molar-refractivity contribution in [1.82, 2.24) is 9.97 Å². The van der Waals surface area contributed by atoms with Crippen LogP contribution in [0, 0.1) is 0 Å². The average molecular weight is 323 g/mol. The second-order valence-corrected chi connectivity index (χ2v) is 6.75. The molecule has 18 heavy (non-hydrogen) atoms. The van der Waals surface area contributed by atoms with Crippen LogP contribution in [0.4, 0.5) is 0 Å². The van der Waals surface area contributed by atoms with Crippen molar-refractivity contribution >= 4 is 33.0 Å². The van der Waals surface area contributed by atoms with E-state index in [4.69, 9.17) is 0 Å². The second kappa shape index (κ2) is 4.90. The van der Waals surface area contributed by atoms with Crippen molar-refractivity contribution in [3.05, 3.63) is 33.4 Å². The molecule has 1 aliphatic carbocycles. The third-order valence-electron chi connectivity index (χ3n) is 3.03. The molecule has 0 saturated heterocycles. The molecule has 0 radical (unpaired) electrons. The summed E-state index contributed by atoms with van der Waals surface area (Å²) in [5.74, 6) is 0.903. The van der Waals surface area contributed by atoms with E-state index >= 15 is 0 Å². The van der Waals surface area contributed by atoms with Gasteiger partial charge in [-0.15, -0.1) is 11.3 Å². The number of aromatic nitrogens is 2. The molecule has 2 aromatic heterocycles. The third kappa shape index (κ3) is 2.24. The summed E-state index contributed by atoms with van der Waals surface area (Å²) in [5.41, 5.74) is 1.62. The molecular formula is C13H11BrN2OS. The van der Waals surface area contributed by atoms with E-state index in [1.54, 1.807) is 17.5 Å². The number of halogens is 1. The molecule has 2 aromatic rings. The fourth-order valence-electron chi connectivity index (χ4n) is 2.11. The van der Waals surface area contributed by atoms with Gasteiger partial charge < -0.3 is 0 Å². The highest BCUT2D eigenvalue weighted by Gasteiger charge is 2.18. The lowest BCUT2D eigenvalue weighted by Gasteiger charge is -2.04. The quantitative estimate of drug-likeness (QED) is 0.748. The van der Waals surface area contributed by atoms with Crippen molar-refractivity contribution < 1.29 is 4.79 Å². The molecular weight excluding hydrogens is 312 g/mol. The van der Waals surface area contributed by atoms with E-state index in [1.807, 2.05) is 12.1 Å². The summed E-state index contributed by atoms with van der Waals surface area (Å²) in [7, 11) is 0. The topological polar surface area (TPSA) is 42.9 Å². The van der Waals surface area contributed by atoms with Crippen LogP contribution in [0.5, 0.6) is 0 Å². The minimum Gasteiger partial charge on any atom is -0.294 e. The highest BCUT2D eigenvalue weighted by atomic mass is 79.9. The summed E-state index contributed by atoms with van der Waals surface area (Å²) in [4.78, 5) is 21.8. The predicted molar refractivity (Wildman–Crippen MR) is 74.9 cm³/mol. The van der Waals surface area contributed by atoms with Gasteiger partial charge in [0.15, 0.2) is 11.6 Å². The molecule has 0 bridgehead atoms. The summed E-state index contributed by atoms with van der Waals surface area (Å²) < 4.78 is 1.06. The van der Waals surface area contributed by atoms with Crippen LogP contribution >= 0.6 is 27.3 Å². The molecule has 0 atom stereocenters. The molecule has 0 saturated carbocycles. The summed E-state index contributed by atoms with van der Waals surface area (Å²) in [6.07, 6.45) is 5.18. The maximum Gasteiger partial charge on any atom is 0.169 e. The van der Waals surface area contributed by atoms with Crippen molar-refractivity contribution in [2.24, 2.45) is 0 Å². The summed E-state index contributed by atoms with van der Waals surface area (Å²) in [6.45, 7) is 0. The highest BCUT2D eigenvalue weighted by molar-refractivity contribution is 9.11. The molecule has 92 valence electrons. The Morgan fingerprint density at radius 3 is 2.83 bits per heavy atom. The number of thiophene rings is 1. The largest absolute Gasteiger partial charge is 0.294 e. The number of fused-ring (bicyclic) bond motifs is 1. The lowest BCUT2D eigenvalue weighted by atomic mass is 10.1. The van der Waals surface area contributed by atoms with Crippen molar-refractivity contribution in [3.63, 3.8) is 0 Å². The van der Waals surface area contributed by atoms with Gasteiger partial charge in [0.05, 0.1) is 19.9 Å². The van der Waals surface area contributed by atoms with E-state index in [0.29, 0.717) is 12.0 Å². The number of aryl methyl sites for hydroxylation is 1. The number of carbonyl (C=O) groups is 1. The maximum absolute atomic E-state index is 11.9. The standard InChI is InChI=1S/C13H11BrN2OS/c14-12-6-5-11(18-12)13-15-7-8-9(16-13)3-1-2-4-10(8)17/h5-7H,1-4H2. The molecule has 0 spiro atoms. The van der Waals surface area contributed by atoms with Gasteiger partial charge in [0, 0.05) is 12.6 Å². The summed E-state index contributed by atoms with van der Waals surface area (Å²) >= 11 is 5.04. The summed E-state index contributed by atoms with van der Waals surface area (Å²) in [6, 6.07) is 3.98. The highest BCUT2D eigenvalue weighted by Crippen LogP contribution is 2.30. The third-order valence-corrected chi connectivity index (χ3v) is 4.65. The Kier molecular flexibility index (Phi) is 3.26. The minimum atomic E-state index is 0.182. The van der Waals surface area contributed by atoms with Crippen LogP contribution in [0.15, 0.2) is 22.1 Å². The van der Waals surface area contributed by atoms with Crippen LogP contribution in [0.2, 0.25) is 0 Å². The number of hydrogen-bond acceptors (Lipinski definition) is 4. The number of carbonyl (C=O) groups excluding carboxylic acids is 1. The fraction of sp³-hybridized carbons (Fsp3) is 0.308. The van der Waals surface area contributed by atoms with Crippen LogP contribution in [-0.2, 0) is 6.42 Å². The van der Waals surface area contributed by atoms with Gasteiger partial charge in [-0.05, 0) is 47.3 Å². The first-order chi connectivity index (χ1) is 8.74. The maximum atomic E-state index is 11.9. The van der Waals surface area contributed by atoms with E-state index in [9.17, 15) is 4.79 Å². The number of rotatable bonds is 1. The molecule has 2 heterocycles. The zero-order chi connectivity index (χ0) is 12.5. The van der Waals surface area contributed by atoms with Gasteiger partial charge in [0.1, 0.15) is 0 Å². The lowest BCUT2D eigenvalue weighted by Crippen LogP contribution is -2.04. The van der Waals surface area contributed by atoms with Crippen LogP contribution < -0.4 is 0 Å². The lowest BCUT2D eigenvalue weighted by molar-refractivity contribution is 0.0981. The fourth-order valence-corrected chi connectivity index (χ4v) is 3.43. The number of nitrogens with zero attached hydrogens (tertiary/aromatic N) is 2. The second-order valence-electron chi connectivity index (χ2n) is 4.29. The molecule has 1 aliphatic rings. The van der Waals surface area contributed by atoms with Crippen molar-refractivity contribution in [1.29, 1.82) is 0 Å². The Hall–Kier alpha value is -1.07. The van der Waals surface area contributed by atoms with Crippen LogP contribution in [0.3, 0.4) is 0 Å². The average Bonchev–Trinajstić information content (AvgIpc) is 2.72. The Morgan fingerprint density at radius 1 is 1.22 bits per heavy atom. The smallest absolute Gasteiger partial charge is 0.169 e. The van der Waals surface area contributed by atoms with Crippen LogP contribution in [-0.4, -0.2) is 15.8 Å². The van der Waals surface area contributed by atoms with Gasteiger partial charge >= 0.3 is 0 Å². The van der Waals surface area contributed by atoms with Crippen LogP contribution in [0.25, 0.3) is 10.7 Å². The normalized spacial score (nSPS) is 15.3. The Morgan fingerprint density at radius 2 is 2.06 bits per heavy atom. The Bertz CT molecular complexity index is 609. The first-order valence-corrected chi connectivity index (χ1v) is 7.50. The van der Waals surface area contributed by atoms with Gasteiger partial charge in [-0.25, -0.2) is 9.97 Å². The minimum absolute atomic E-state index is 0.182. The van der Waals surface area contributed by atoms with Crippen molar-refractivity contribution in [2.75, 3.05) is 0 Å². The molecule has 0 fully saturated rings. The molecule has 0 aromatic carbocycles. The van der Waals surface area contributed by atoms with E-state index in [2.05, 4.69) is 25.9 Å². The van der Waals surface area contributed by atoms with Gasteiger partial charge in [-0.2, -0.15) is 0 Å². The number of Topliss-reactive ketones (excluding diaryl/α,β-unsaturated/α-hetero) is 1. The molecule has 0 amide bonds. The molecule has 3 nitrogen and oxygen atoms in total. The predicted octanol–water partition coefficient (Wildman–Crippen LogP) is 3.88. The Balaban J connectivity index is 2.05. The van der Waals surface area contributed by atoms with Crippen molar-refractivity contribution in [3.8, 4) is 10.7 Å². The number of hydrogen-bond donors (Lipinski definition) is 0. The summed E-state index contributed by atoms with van der Waals surface area (Å²) in [5, 5.41) is 0. The van der Waals surface area contributed by atoms with E-state index in [1.165, 1.54) is 0 Å². The molecule has 0 unspecified atom stereocenters. The van der Waals surface area contributed by atoms with Gasteiger partial charge in [0.25, 0.3) is 0 Å². The first kappa shape index (κ1) is 12.0. The van der Waals surface area contributed by atoms with Gasteiger partial charge in [-0.1, -0.05) is 0 Å². The van der Waals surface area contributed by atoms with Gasteiger partial charge in [0.2, 0.25) is 0 Å². The van der Waals surface area contributed by atoms with E-state index < -0.39 is 0 Å². The number of ketones is 1. The first-order valence-electron chi connectivity index (χ1n) is 5.89. The van der Waals surface area contributed by atoms with E-state index in [0.717, 1.165) is 39.4 Å². The molecule has 3 rings (SSSR count). The molecule has 0 aliphatic heterocycles. The monoisotopic (exact) mass is 322 g/mol. The van der Waals surface area contributed by atoms with Crippen LogP contribution in [0.1, 0.15) is 35.3 Å². The van der Waals surface area contributed by atoms with E-state index in [-0.39, 0.29) is 5.78 Å². The Labute approximate surface area is 117 Å². The zero-order valence-electron chi connectivity index (χ0n) is 9.65.